The van der Waals surface area contributed by atoms with Crippen molar-refractivity contribution in [3.05, 3.63) is 66.1 Å². The maximum absolute atomic E-state index is 12.6. The zero-order valence-corrected chi connectivity index (χ0v) is 15.4. The van der Waals surface area contributed by atoms with Crippen LogP contribution < -0.4 is 20.5 Å². The molecule has 146 valence electrons. The molecule has 0 fully saturated rings. The molecule has 5 rings (SSSR count). The van der Waals surface area contributed by atoms with Crippen LogP contribution in [0.2, 0.25) is 0 Å². The lowest BCUT2D eigenvalue weighted by molar-refractivity contribution is 0.0951. The van der Waals surface area contributed by atoms with Crippen LogP contribution in [0, 0.1) is 0 Å². The summed E-state index contributed by atoms with van der Waals surface area (Å²) in [6, 6.07) is 13.0. The van der Waals surface area contributed by atoms with Crippen molar-refractivity contribution in [2.75, 3.05) is 18.9 Å². The molecule has 1 aromatic carbocycles. The van der Waals surface area contributed by atoms with Gasteiger partial charge in [-0.1, -0.05) is 11.2 Å². The van der Waals surface area contributed by atoms with E-state index in [0.29, 0.717) is 47.4 Å². The van der Waals surface area contributed by atoms with Gasteiger partial charge in [0, 0.05) is 24.0 Å². The smallest absolute Gasteiger partial charge is 0.255 e. The molecule has 0 unspecified atom stereocenters. The second kappa shape index (κ2) is 6.90. The predicted octanol–water partition coefficient (Wildman–Crippen LogP) is 2.88. The van der Waals surface area contributed by atoms with Crippen LogP contribution in [0.3, 0.4) is 0 Å². The third-order valence-electron chi connectivity index (χ3n) is 4.78. The van der Waals surface area contributed by atoms with E-state index in [9.17, 15) is 4.79 Å². The number of aromatic nitrogens is 2. The van der Waals surface area contributed by atoms with Gasteiger partial charge in [0.05, 0.1) is 23.3 Å². The Bertz CT molecular complexity index is 1210. The Morgan fingerprint density at radius 2 is 2.00 bits per heavy atom. The SMILES string of the molecule is Nc1c(C(=O)NCc2cc(-c3ccc4c(c3)OCCO4)on2)cn2ccccc12. The van der Waals surface area contributed by atoms with E-state index < -0.39 is 0 Å². The fourth-order valence-electron chi connectivity index (χ4n) is 3.32. The van der Waals surface area contributed by atoms with Gasteiger partial charge in [-0.3, -0.25) is 4.79 Å². The van der Waals surface area contributed by atoms with Crippen LogP contribution >= 0.6 is 0 Å². The van der Waals surface area contributed by atoms with E-state index >= 15 is 0 Å². The third kappa shape index (κ3) is 3.14. The monoisotopic (exact) mass is 390 g/mol. The molecule has 0 spiro atoms. The van der Waals surface area contributed by atoms with E-state index in [0.717, 1.165) is 11.1 Å². The molecule has 0 saturated carbocycles. The Morgan fingerprint density at radius 1 is 1.14 bits per heavy atom. The highest BCUT2D eigenvalue weighted by atomic mass is 16.6. The quantitative estimate of drug-likeness (QED) is 0.555. The lowest BCUT2D eigenvalue weighted by Gasteiger charge is -2.18. The number of nitrogens with one attached hydrogen (secondary N) is 1. The predicted molar refractivity (Wildman–Crippen MR) is 106 cm³/mol. The fourth-order valence-corrected chi connectivity index (χ4v) is 3.32. The Kier molecular flexibility index (Phi) is 4.09. The third-order valence-corrected chi connectivity index (χ3v) is 4.78. The van der Waals surface area contributed by atoms with Crippen molar-refractivity contribution in [1.29, 1.82) is 0 Å². The Hall–Kier alpha value is -3.94. The summed E-state index contributed by atoms with van der Waals surface area (Å²) in [7, 11) is 0. The van der Waals surface area contributed by atoms with Crippen LogP contribution in [-0.2, 0) is 6.54 Å². The van der Waals surface area contributed by atoms with Gasteiger partial charge in [-0.15, -0.1) is 0 Å². The number of hydrogen-bond acceptors (Lipinski definition) is 6. The second-order valence-corrected chi connectivity index (χ2v) is 6.67. The van der Waals surface area contributed by atoms with Gasteiger partial charge in [-0.25, -0.2) is 0 Å². The average molecular weight is 390 g/mol. The molecule has 4 aromatic rings. The van der Waals surface area contributed by atoms with Gasteiger partial charge < -0.3 is 29.4 Å². The molecule has 0 radical (unpaired) electrons. The highest BCUT2D eigenvalue weighted by molar-refractivity contribution is 6.03. The molecule has 4 heterocycles. The van der Waals surface area contributed by atoms with Crippen molar-refractivity contribution >= 4 is 17.1 Å². The minimum atomic E-state index is -0.268. The van der Waals surface area contributed by atoms with Gasteiger partial charge in [0.15, 0.2) is 17.3 Å². The molecule has 3 aromatic heterocycles. The summed E-state index contributed by atoms with van der Waals surface area (Å²) < 4.78 is 18.4. The average Bonchev–Trinajstić information content (AvgIpc) is 3.37. The number of ether oxygens (including phenoxy) is 2. The van der Waals surface area contributed by atoms with Gasteiger partial charge in [0.25, 0.3) is 5.91 Å². The van der Waals surface area contributed by atoms with E-state index in [2.05, 4.69) is 10.5 Å². The van der Waals surface area contributed by atoms with Crippen LogP contribution in [0.4, 0.5) is 5.69 Å². The Balaban J connectivity index is 1.30. The maximum Gasteiger partial charge on any atom is 0.255 e. The van der Waals surface area contributed by atoms with Crippen molar-refractivity contribution in [2.45, 2.75) is 6.54 Å². The van der Waals surface area contributed by atoms with E-state index in [-0.39, 0.29) is 12.5 Å². The van der Waals surface area contributed by atoms with E-state index in [1.165, 1.54) is 0 Å². The largest absolute Gasteiger partial charge is 0.486 e. The van der Waals surface area contributed by atoms with Crippen molar-refractivity contribution in [1.82, 2.24) is 14.9 Å². The molecular weight excluding hydrogens is 372 g/mol. The molecule has 0 aliphatic carbocycles. The van der Waals surface area contributed by atoms with Crippen molar-refractivity contribution in [3.63, 3.8) is 0 Å². The molecule has 0 bridgehead atoms. The first-order valence-corrected chi connectivity index (χ1v) is 9.18. The summed E-state index contributed by atoms with van der Waals surface area (Å²) in [4.78, 5) is 12.6. The number of nitrogens with two attached hydrogens (primary N) is 1. The molecule has 29 heavy (non-hydrogen) atoms. The molecular formula is C21H18N4O4. The molecule has 0 saturated heterocycles. The minimum absolute atomic E-state index is 0.221. The summed E-state index contributed by atoms with van der Waals surface area (Å²) in [5.41, 5.74) is 9.19. The summed E-state index contributed by atoms with van der Waals surface area (Å²) in [6.07, 6.45) is 3.56. The molecule has 1 amide bonds. The van der Waals surface area contributed by atoms with E-state index in [1.807, 2.05) is 47.0 Å². The number of carbonyl (C=O) groups is 1. The fraction of sp³-hybridized carbons (Fsp3) is 0.143. The standard InChI is InChI=1S/C21H18N4O4/c22-20-15(12-25-6-2-1-3-16(20)25)21(26)23-11-14-10-18(29-24-14)13-4-5-17-19(9-13)28-8-7-27-17/h1-6,9-10,12H,7-8,11,22H2,(H,23,26). The van der Waals surface area contributed by atoms with Crippen LogP contribution in [0.15, 0.2) is 59.4 Å². The first kappa shape index (κ1) is 17.2. The van der Waals surface area contributed by atoms with E-state index in [1.54, 1.807) is 12.3 Å². The first-order chi connectivity index (χ1) is 14.2. The highest BCUT2D eigenvalue weighted by Gasteiger charge is 2.17. The summed E-state index contributed by atoms with van der Waals surface area (Å²) in [5, 5.41) is 6.87. The second-order valence-electron chi connectivity index (χ2n) is 6.67. The summed E-state index contributed by atoms with van der Waals surface area (Å²) >= 11 is 0. The molecule has 1 aliphatic heterocycles. The van der Waals surface area contributed by atoms with Gasteiger partial charge in [-0.05, 0) is 30.3 Å². The number of carbonyl (C=O) groups excluding carboxylic acids is 1. The number of anilines is 1. The number of hydrogen-bond donors (Lipinski definition) is 2. The van der Waals surface area contributed by atoms with Gasteiger partial charge in [0.1, 0.15) is 18.9 Å². The van der Waals surface area contributed by atoms with Crippen LogP contribution in [0.1, 0.15) is 16.1 Å². The van der Waals surface area contributed by atoms with E-state index in [4.69, 9.17) is 19.7 Å². The number of fused-ring (bicyclic) bond motifs is 2. The summed E-state index contributed by atoms with van der Waals surface area (Å²) in [5.74, 6) is 1.70. The topological polar surface area (TPSA) is 104 Å². The number of nitrogen functional groups attached to an aromatic ring is 1. The number of nitrogens with zero attached hydrogens (tertiary/aromatic N) is 2. The zero-order chi connectivity index (χ0) is 19.8. The minimum Gasteiger partial charge on any atom is -0.486 e. The Morgan fingerprint density at radius 3 is 2.86 bits per heavy atom. The van der Waals surface area contributed by atoms with Crippen molar-refractivity contribution in [3.8, 4) is 22.8 Å². The van der Waals surface area contributed by atoms with Crippen LogP contribution in [-0.4, -0.2) is 28.7 Å². The summed E-state index contributed by atoms with van der Waals surface area (Å²) in [6.45, 7) is 1.28. The normalized spacial score (nSPS) is 12.8. The Labute approximate surface area is 165 Å². The molecule has 0 atom stereocenters. The van der Waals surface area contributed by atoms with Gasteiger partial charge >= 0.3 is 0 Å². The number of benzene rings is 1. The molecule has 3 N–H and O–H groups in total. The van der Waals surface area contributed by atoms with Crippen LogP contribution in [0.25, 0.3) is 16.8 Å². The lowest BCUT2D eigenvalue weighted by atomic mass is 10.1. The maximum atomic E-state index is 12.6. The van der Waals surface area contributed by atoms with Gasteiger partial charge in [-0.2, -0.15) is 0 Å². The number of rotatable bonds is 4. The first-order valence-electron chi connectivity index (χ1n) is 9.18. The van der Waals surface area contributed by atoms with Gasteiger partial charge in [0.2, 0.25) is 0 Å². The molecule has 8 nitrogen and oxygen atoms in total. The van der Waals surface area contributed by atoms with Crippen molar-refractivity contribution < 1.29 is 18.8 Å². The highest BCUT2D eigenvalue weighted by Crippen LogP contribution is 2.34. The molecule has 8 heteroatoms. The number of pyridine rings is 1. The lowest BCUT2D eigenvalue weighted by Crippen LogP contribution is -2.23. The zero-order valence-electron chi connectivity index (χ0n) is 15.4. The molecule has 1 aliphatic rings. The number of amides is 1. The van der Waals surface area contributed by atoms with Crippen molar-refractivity contribution in [2.24, 2.45) is 0 Å². The van der Waals surface area contributed by atoms with Crippen LogP contribution in [0.5, 0.6) is 11.5 Å².